The minimum atomic E-state index is -3.37. The fourth-order valence-electron chi connectivity index (χ4n) is 1.80. The molecule has 8 nitrogen and oxygen atoms in total. The number of nitrogens with zero attached hydrogens (tertiary/aromatic N) is 1. The average molecular weight is 388 g/mol. The zero-order valence-electron chi connectivity index (χ0n) is 9.29. The predicted molar refractivity (Wildman–Crippen MR) is 67.1 cm³/mol. The van der Waals surface area contributed by atoms with Crippen molar-refractivity contribution < 1.29 is 24.4 Å². The molecule has 1 fully saturated rings. The summed E-state index contributed by atoms with van der Waals surface area (Å²) in [6.07, 6.45) is -4.44. The van der Waals surface area contributed by atoms with Gasteiger partial charge in [-0.1, -0.05) is 0 Å². The first-order valence-corrected chi connectivity index (χ1v) is 6.24. The molecule has 1 unspecified atom stereocenters. The first-order chi connectivity index (χ1) is 8.80. The van der Waals surface area contributed by atoms with Crippen molar-refractivity contribution in [2.75, 3.05) is 6.61 Å². The van der Waals surface area contributed by atoms with Gasteiger partial charge >= 0.3 is 5.69 Å². The maximum Gasteiger partial charge on any atom is 0.330 e. The number of hydrogen-bond acceptors (Lipinski definition) is 6. The van der Waals surface area contributed by atoms with Gasteiger partial charge in [-0.2, -0.15) is 0 Å². The molecule has 1 aromatic heterocycles. The van der Waals surface area contributed by atoms with Gasteiger partial charge < -0.3 is 25.0 Å². The van der Waals surface area contributed by atoms with Crippen LogP contribution in [0.3, 0.4) is 0 Å². The number of aromatic nitrogens is 2. The van der Waals surface area contributed by atoms with Crippen LogP contribution in [-0.2, 0) is 4.74 Å². The second-order valence-corrected chi connectivity index (χ2v) is 5.16. The van der Waals surface area contributed by atoms with E-state index in [1.54, 1.807) is 22.6 Å². The number of ether oxygens (including phenoxy) is 1. The molecule has 1 aliphatic rings. The Kier molecular flexibility index (Phi) is 3.79. The summed E-state index contributed by atoms with van der Waals surface area (Å²) in [6, 6.07) is 0. The maximum atomic E-state index is 14.0. The Morgan fingerprint density at radius 1 is 1.58 bits per heavy atom. The number of H-pyrrole nitrogens is 1. The van der Waals surface area contributed by atoms with E-state index in [4.69, 9.17) is 9.84 Å². The monoisotopic (exact) mass is 388 g/mol. The third-order valence-corrected chi connectivity index (χ3v) is 3.57. The molecule has 0 bridgehead atoms. The lowest BCUT2D eigenvalue weighted by atomic mass is 10.1. The summed E-state index contributed by atoms with van der Waals surface area (Å²) < 4.78 is 19.3. The van der Waals surface area contributed by atoms with Crippen molar-refractivity contribution in [3.63, 3.8) is 0 Å². The fraction of sp³-hybridized carbons (Fsp3) is 0.556. The normalized spacial score (nSPS) is 34.7. The number of halogens is 2. The Morgan fingerprint density at radius 3 is 2.74 bits per heavy atom. The fourth-order valence-corrected chi connectivity index (χ4v) is 2.22. The molecule has 0 saturated carbocycles. The van der Waals surface area contributed by atoms with E-state index in [1.165, 1.54) is 0 Å². The van der Waals surface area contributed by atoms with E-state index in [9.17, 15) is 24.2 Å². The Labute approximate surface area is 118 Å². The molecule has 19 heavy (non-hydrogen) atoms. The summed E-state index contributed by atoms with van der Waals surface area (Å²) in [5.74, 6) is -3.37. The number of aromatic amines is 1. The van der Waals surface area contributed by atoms with Crippen LogP contribution in [-0.4, -0.2) is 49.5 Å². The topological polar surface area (TPSA) is 125 Å². The standard InChI is InChI=1S/C9H10FIN2O6/c10-9(18)5(15)4(2-14)19-7(9)13-6(16)3(11)1-12-8(13)17/h1,4-5,7,14-15,18H,2H2,(H,12,17)/t4-,5-,7?,9+/m1/s1. The van der Waals surface area contributed by atoms with Crippen molar-refractivity contribution in [3.05, 3.63) is 30.6 Å². The molecule has 1 aromatic rings. The summed E-state index contributed by atoms with van der Waals surface area (Å²) in [5, 5.41) is 27.9. The van der Waals surface area contributed by atoms with E-state index >= 15 is 0 Å². The molecule has 0 radical (unpaired) electrons. The molecule has 4 N–H and O–H groups in total. The molecule has 2 heterocycles. The third kappa shape index (κ3) is 2.23. The predicted octanol–water partition coefficient (Wildman–Crippen LogP) is -1.95. The van der Waals surface area contributed by atoms with Gasteiger partial charge in [0.05, 0.1) is 10.2 Å². The number of aliphatic hydroxyl groups excluding tert-OH is 2. The average Bonchev–Trinajstić information content (AvgIpc) is 2.58. The highest BCUT2D eigenvalue weighted by molar-refractivity contribution is 14.1. The van der Waals surface area contributed by atoms with Crippen LogP contribution in [0.5, 0.6) is 0 Å². The number of alkyl halides is 1. The first-order valence-electron chi connectivity index (χ1n) is 5.16. The zero-order valence-corrected chi connectivity index (χ0v) is 11.4. The van der Waals surface area contributed by atoms with E-state index in [-0.39, 0.29) is 3.57 Å². The van der Waals surface area contributed by atoms with Gasteiger partial charge in [-0.3, -0.25) is 4.79 Å². The Bertz CT molecular complexity index is 599. The Hall–Kier alpha value is -0.820. The summed E-state index contributed by atoms with van der Waals surface area (Å²) in [6.45, 7) is -0.777. The molecule has 0 aliphatic carbocycles. The minimum Gasteiger partial charge on any atom is -0.394 e. The van der Waals surface area contributed by atoms with E-state index < -0.39 is 42.1 Å². The lowest BCUT2D eigenvalue weighted by Gasteiger charge is -2.22. The summed E-state index contributed by atoms with van der Waals surface area (Å²) in [4.78, 5) is 25.5. The van der Waals surface area contributed by atoms with Crippen molar-refractivity contribution in [2.24, 2.45) is 0 Å². The van der Waals surface area contributed by atoms with Crippen LogP contribution in [0.25, 0.3) is 0 Å². The van der Waals surface area contributed by atoms with E-state index in [0.29, 0.717) is 4.57 Å². The van der Waals surface area contributed by atoms with Gasteiger partial charge in [0.25, 0.3) is 11.4 Å². The molecule has 2 rings (SSSR count). The Morgan fingerprint density at radius 2 is 2.21 bits per heavy atom. The molecule has 0 amide bonds. The van der Waals surface area contributed by atoms with Gasteiger partial charge in [0, 0.05) is 6.20 Å². The van der Waals surface area contributed by atoms with E-state index in [2.05, 4.69) is 4.98 Å². The van der Waals surface area contributed by atoms with Crippen molar-refractivity contribution in [1.29, 1.82) is 0 Å². The highest BCUT2D eigenvalue weighted by Crippen LogP contribution is 2.38. The van der Waals surface area contributed by atoms with Gasteiger partial charge in [0.2, 0.25) is 6.23 Å². The largest absolute Gasteiger partial charge is 0.394 e. The van der Waals surface area contributed by atoms with Crippen molar-refractivity contribution in [3.8, 4) is 0 Å². The number of hydrogen-bond donors (Lipinski definition) is 4. The number of rotatable bonds is 2. The van der Waals surface area contributed by atoms with Gasteiger partial charge in [0.1, 0.15) is 12.2 Å². The number of aliphatic hydroxyl groups is 3. The van der Waals surface area contributed by atoms with Crippen LogP contribution in [0, 0.1) is 3.57 Å². The minimum absolute atomic E-state index is 0.0681. The van der Waals surface area contributed by atoms with Crippen molar-refractivity contribution >= 4 is 22.6 Å². The van der Waals surface area contributed by atoms with Crippen LogP contribution in [0.2, 0.25) is 0 Å². The maximum absolute atomic E-state index is 14.0. The molecular weight excluding hydrogens is 378 g/mol. The second-order valence-electron chi connectivity index (χ2n) is 4.00. The molecule has 106 valence electrons. The second kappa shape index (κ2) is 4.94. The van der Waals surface area contributed by atoms with Crippen LogP contribution in [0.1, 0.15) is 6.23 Å². The lowest BCUT2D eigenvalue weighted by Crippen LogP contribution is -2.49. The summed E-state index contributed by atoms with van der Waals surface area (Å²) in [5.41, 5.74) is -1.88. The SMILES string of the molecule is O=c1[nH]cc(I)c(=O)n1C1O[C@H](CO)[C@@H](O)[C@@]1(O)F. The van der Waals surface area contributed by atoms with Gasteiger partial charge in [-0.15, -0.1) is 0 Å². The molecule has 0 aromatic carbocycles. The van der Waals surface area contributed by atoms with Crippen LogP contribution in [0.4, 0.5) is 4.39 Å². The molecule has 1 aliphatic heterocycles. The first kappa shape index (κ1) is 14.6. The van der Waals surface area contributed by atoms with Crippen LogP contribution >= 0.6 is 22.6 Å². The molecule has 4 atom stereocenters. The highest BCUT2D eigenvalue weighted by Gasteiger charge is 2.58. The van der Waals surface area contributed by atoms with E-state index in [1.807, 2.05) is 0 Å². The third-order valence-electron chi connectivity index (χ3n) is 2.80. The van der Waals surface area contributed by atoms with E-state index in [0.717, 1.165) is 6.20 Å². The highest BCUT2D eigenvalue weighted by atomic mass is 127. The quantitative estimate of drug-likeness (QED) is 0.437. The lowest BCUT2D eigenvalue weighted by molar-refractivity contribution is -0.197. The molecular formula is C9H10FIN2O6. The van der Waals surface area contributed by atoms with Gasteiger partial charge in [-0.05, 0) is 22.6 Å². The molecule has 0 spiro atoms. The smallest absolute Gasteiger partial charge is 0.330 e. The summed E-state index contributed by atoms with van der Waals surface area (Å²) in [7, 11) is 0. The van der Waals surface area contributed by atoms with Crippen molar-refractivity contribution in [1.82, 2.24) is 9.55 Å². The number of nitrogens with one attached hydrogen (secondary N) is 1. The Balaban J connectivity index is 2.58. The molecule has 1 saturated heterocycles. The van der Waals surface area contributed by atoms with Gasteiger partial charge in [-0.25, -0.2) is 13.8 Å². The zero-order chi connectivity index (χ0) is 14.4. The molecule has 10 heteroatoms. The van der Waals surface area contributed by atoms with Crippen LogP contribution in [0.15, 0.2) is 15.8 Å². The summed E-state index contributed by atoms with van der Waals surface area (Å²) >= 11 is 1.61. The van der Waals surface area contributed by atoms with Crippen LogP contribution < -0.4 is 11.2 Å². The van der Waals surface area contributed by atoms with Crippen molar-refractivity contribution in [2.45, 2.75) is 24.3 Å². The van der Waals surface area contributed by atoms with Gasteiger partial charge in [0.15, 0.2) is 0 Å².